The number of carbonyl (C=O) groups excluding carboxylic acids is 2. The molecule has 2 rings (SSSR count). The van der Waals surface area contributed by atoms with Crippen LogP contribution in [-0.2, 0) is 16.0 Å². The zero-order chi connectivity index (χ0) is 17.0. The summed E-state index contributed by atoms with van der Waals surface area (Å²) in [5.41, 5.74) is 0.317. The minimum absolute atomic E-state index is 0.0428. The van der Waals surface area contributed by atoms with Gasteiger partial charge in [-0.25, -0.2) is 9.18 Å². The third-order valence-electron chi connectivity index (χ3n) is 3.89. The topological polar surface area (TPSA) is 46.6 Å². The van der Waals surface area contributed by atoms with Gasteiger partial charge < -0.3 is 9.64 Å². The minimum atomic E-state index is -0.508. The van der Waals surface area contributed by atoms with Crippen LogP contribution >= 0.6 is 0 Å². The van der Waals surface area contributed by atoms with Crippen LogP contribution in [0.2, 0.25) is 0 Å². The van der Waals surface area contributed by atoms with Crippen LogP contribution in [0.1, 0.15) is 39.2 Å². The molecule has 0 unspecified atom stereocenters. The molecule has 0 spiro atoms. The van der Waals surface area contributed by atoms with Gasteiger partial charge in [0.1, 0.15) is 17.2 Å². The number of likely N-dealkylation sites (tertiary alicyclic amines) is 1. The molecule has 5 heteroatoms. The average Bonchev–Trinajstić information content (AvgIpc) is 2.48. The number of Topliss-reactive ketones (excluding diaryl/α,β-unsaturated/α-hetero) is 1. The van der Waals surface area contributed by atoms with E-state index in [4.69, 9.17) is 4.74 Å². The van der Waals surface area contributed by atoms with Crippen LogP contribution in [0.5, 0.6) is 0 Å². The summed E-state index contributed by atoms with van der Waals surface area (Å²) in [4.78, 5) is 26.0. The van der Waals surface area contributed by atoms with Crippen LogP contribution in [0.3, 0.4) is 0 Å². The molecule has 1 aromatic rings. The van der Waals surface area contributed by atoms with Gasteiger partial charge in [0, 0.05) is 25.4 Å². The molecule has 1 aliphatic heterocycles. The number of benzene rings is 1. The molecule has 0 aliphatic carbocycles. The summed E-state index contributed by atoms with van der Waals surface area (Å²) in [6.45, 7) is 6.58. The van der Waals surface area contributed by atoms with Gasteiger partial charge in [-0.1, -0.05) is 12.1 Å². The fraction of sp³-hybridized carbons (Fsp3) is 0.556. The van der Waals surface area contributed by atoms with E-state index in [-0.39, 0.29) is 23.6 Å². The monoisotopic (exact) mass is 321 g/mol. The second-order valence-corrected chi connectivity index (χ2v) is 7.01. The van der Waals surface area contributed by atoms with E-state index in [1.54, 1.807) is 17.0 Å². The van der Waals surface area contributed by atoms with Gasteiger partial charge in [-0.3, -0.25) is 4.79 Å². The fourth-order valence-corrected chi connectivity index (χ4v) is 2.66. The average molecular weight is 321 g/mol. The summed E-state index contributed by atoms with van der Waals surface area (Å²) in [6, 6.07) is 6.02. The Kier molecular flexibility index (Phi) is 5.39. The maximum Gasteiger partial charge on any atom is 0.410 e. The zero-order valence-corrected chi connectivity index (χ0v) is 14.0. The van der Waals surface area contributed by atoms with Gasteiger partial charge in [-0.15, -0.1) is 0 Å². The molecule has 4 nitrogen and oxygen atoms in total. The first kappa shape index (κ1) is 17.4. The molecule has 0 bridgehead atoms. The first-order chi connectivity index (χ1) is 10.7. The number of carbonyl (C=O) groups is 2. The van der Waals surface area contributed by atoms with Gasteiger partial charge in [-0.05, 0) is 51.3 Å². The number of rotatable bonds is 3. The lowest BCUT2D eigenvalue weighted by atomic mass is 9.89. The number of hydrogen-bond donors (Lipinski definition) is 0. The molecule has 1 heterocycles. The molecule has 0 radical (unpaired) electrons. The van der Waals surface area contributed by atoms with Crippen molar-refractivity contribution < 1.29 is 18.7 Å². The number of piperidine rings is 1. The Balaban J connectivity index is 1.83. The van der Waals surface area contributed by atoms with Crippen LogP contribution in [0.15, 0.2) is 24.3 Å². The van der Waals surface area contributed by atoms with Gasteiger partial charge in [0.2, 0.25) is 0 Å². The van der Waals surface area contributed by atoms with E-state index in [9.17, 15) is 14.0 Å². The second-order valence-electron chi connectivity index (χ2n) is 7.01. The maximum absolute atomic E-state index is 12.9. The molecule has 126 valence electrons. The van der Waals surface area contributed by atoms with Crippen LogP contribution in [0.25, 0.3) is 0 Å². The lowest BCUT2D eigenvalue weighted by molar-refractivity contribution is -0.123. The number of hydrogen-bond acceptors (Lipinski definition) is 3. The molecule has 1 amide bonds. The molecule has 1 saturated heterocycles. The fourth-order valence-electron chi connectivity index (χ4n) is 2.66. The van der Waals surface area contributed by atoms with E-state index in [1.807, 2.05) is 20.8 Å². The molecule has 1 aliphatic rings. The van der Waals surface area contributed by atoms with E-state index >= 15 is 0 Å². The Morgan fingerprint density at radius 1 is 1.17 bits per heavy atom. The summed E-state index contributed by atoms with van der Waals surface area (Å²) in [5, 5.41) is 0. The quantitative estimate of drug-likeness (QED) is 0.855. The lowest BCUT2D eigenvalue weighted by Gasteiger charge is -2.33. The Hall–Kier alpha value is -1.91. The summed E-state index contributed by atoms with van der Waals surface area (Å²) < 4.78 is 18.2. The molecule has 0 N–H and O–H groups in total. The van der Waals surface area contributed by atoms with Gasteiger partial charge in [0.05, 0.1) is 0 Å². The Morgan fingerprint density at radius 3 is 2.26 bits per heavy atom. The molecule has 23 heavy (non-hydrogen) atoms. The lowest BCUT2D eigenvalue weighted by Crippen LogP contribution is -2.43. The van der Waals surface area contributed by atoms with E-state index in [0.717, 1.165) is 5.56 Å². The van der Waals surface area contributed by atoms with Crippen LogP contribution in [-0.4, -0.2) is 35.5 Å². The predicted octanol–water partition coefficient (Wildman–Crippen LogP) is 3.58. The summed E-state index contributed by atoms with van der Waals surface area (Å²) >= 11 is 0. The molecule has 1 aromatic carbocycles. The SMILES string of the molecule is CC(C)(C)OC(=O)N1CCC(C(=O)Cc2ccc(F)cc2)CC1. The van der Waals surface area contributed by atoms with Crippen LogP contribution < -0.4 is 0 Å². The van der Waals surface area contributed by atoms with Crippen molar-refractivity contribution in [1.82, 2.24) is 4.90 Å². The van der Waals surface area contributed by atoms with Gasteiger partial charge in [0.25, 0.3) is 0 Å². The van der Waals surface area contributed by atoms with Crippen molar-refractivity contribution >= 4 is 11.9 Å². The minimum Gasteiger partial charge on any atom is -0.444 e. The Bertz CT molecular complexity index is 555. The molecule has 0 saturated carbocycles. The summed E-state index contributed by atoms with van der Waals surface area (Å²) in [6.07, 6.45) is 1.30. The smallest absolute Gasteiger partial charge is 0.410 e. The van der Waals surface area contributed by atoms with E-state index in [0.29, 0.717) is 32.4 Å². The van der Waals surface area contributed by atoms with Crippen molar-refractivity contribution in [3.05, 3.63) is 35.6 Å². The highest BCUT2D eigenvalue weighted by molar-refractivity contribution is 5.83. The first-order valence-corrected chi connectivity index (χ1v) is 8.00. The Labute approximate surface area is 136 Å². The number of halogens is 1. The molecular weight excluding hydrogens is 297 g/mol. The first-order valence-electron chi connectivity index (χ1n) is 8.00. The summed E-state index contributed by atoms with van der Waals surface area (Å²) in [7, 11) is 0. The third kappa shape index (κ3) is 5.34. The van der Waals surface area contributed by atoms with Crippen molar-refractivity contribution in [1.29, 1.82) is 0 Å². The maximum atomic E-state index is 12.9. The van der Waals surface area contributed by atoms with Crippen molar-refractivity contribution in [3.63, 3.8) is 0 Å². The number of ether oxygens (including phenoxy) is 1. The molecular formula is C18H24FNO3. The normalized spacial score (nSPS) is 16.3. The van der Waals surface area contributed by atoms with E-state index in [2.05, 4.69) is 0 Å². The highest BCUT2D eigenvalue weighted by atomic mass is 19.1. The predicted molar refractivity (Wildman–Crippen MR) is 85.6 cm³/mol. The Morgan fingerprint density at radius 2 is 1.74 bits per heavy atom. The van der Waals surface area contributed by atoms with Gasteiger partial charge in [-0.2, -0.15) is 0 Å². The number of amides is 1. The van der Waals surface area contributed by atoms with E-state index in [1.165, 1.54) is 12.1 Å². The number of ketones is 1. The van der Waals surface area contributed by atoms with Crippen molar-refractivity contribution in [3.8, 4) is 0 Å². The molecule has 0 atom stereocenters. The van der Waals surface area contributed by atoms with Gasteiger partial charge >= 0.3 is 6.09 Å². The van der Waals surface area contributed by atoms with Crippen molar-refractivity contribution in [2.24, 2.45) is 5.92 Å². The highest BCUT2D eigenvalue weighted by Gasteiger charge is 2.29. The second kappa shape index (κ2) is 7.11. The van der Waals surface area contributed by atoms with E-state index < -0.39 is 5.60 Å². The molecule has 1 fully saturated rings. The highest BCUT2D eigenvalue weighted by Crippen LogP contribution is 2.22. The summed E-state index contributed by atoms with van der Waals surface area (Å²) in [5.74, 6) is -0.189. The zero-order valence-electron chi connectivity index (χ0n) is 14.0. The number of nitrogens with zero attached hydrogens (tertiary/aromatic N) is 1. The van der Waals surface area contributed by atoms with Crippen LogP contribution in [0, 0.1) is 11.7 Å². The molecule has 0 aromatic heterocycles. The van der Waals surface area contributed by atoms with Crippen molar-refractivity contribution in [2.75, 3.05) is 13.1 Å². The third-order valence-corrected chi connectivity index (χ3v) is 3.89. The standard InChI is InChI=1S/C18H24FNO3/c1-18(2,3)23-17(22)20-10-8-14(9-11-20)16(21)12-13-4-6-15(19)7-5-13/h4-7,14H,8-12H2,1-3H3. The largest absolute Gasteiger partial charge is 0.444 e. The van der Waals surface area contributed by atoms with Crippen LogP contribution in [0.4, 0.5) is 9.18 Å². The van der Waals surface area contributed by atoms with Crippen molar-refractivity contribution in [2.45, 2.75) is 45.6 Å². The van der Waals surface area contributed by atoms with Gasteiger partial charge in [0.15, 0.2) is 0 Å².